The van der Waals surface area contributed by atoms with E-state index in [0.717, 1.165) is 53.9 Å². The molecule has 2 aliphatic carbocycles. The first-order valence-electron chi connectivity index (χ1n) is 12.2. The van der Waals surface area contributed by atoms with Crippen LogP contribution in [0.1, 0.15) is 45.9 Å². The highest BCUT2D eigenvalue weighted by Crippen LogP contribution is 2.43. The summed E-state index contributed by atoms with van der Waals surface area (Å²) in [4.78, 5) is 24.7. The molecule has 2 aromatic heterocycles. The van der Waals surface area contributed by atoms with Gasteiger partial charge in [-0.1, -0.05) is 0 Å². The van der Waals surface area contributed by atoms with Crippen molar-refractivity contribution < 1.29 is 19.0 Å². The van der Waals surface area contributed by atoms with Gasteiger partial charge in [0.05, 0.1) is 56.2 Å². The Labute approximate surface area is 204 Å². The largest absolute Gasteiger partial charge is 0.497 e. The number of ether oxygens (including phenoxy) is 3. The second-order valence-corrected chi connectivity index (χ2v) is 9.45. The Hall–Kier alpha value is -3.30. The molecule has 1 saturated carbocycles. The number of aryl methyl sites for hydroxylation is 2. The summed E-state index contributed by atoms with van der Waals surface area (Å²) >= 11 is 0. The summed E-state index contributed by atoms with van der Waals surface area (Å²) in [7, 11) is 3.48. The molecule has 6 rings (SSSR count). The van der Waals surface area contributed by atoms with Crippen LogP contribution < -0.4 is 4.74 Å². The quantitative estimate of drug-likeness (QED) is 0.541. The van der Waals surface area contributed by atoms with Gasteiger partial charge in [-0.3, -0.25) is 4.79 Å². The minimum absolute atomic E-state index is 0.0669. The van der Waals surface area contributed by atoms with E-state index in [4.69, 9.17) is 19.2 Å². The molecule has 1 saturated heterocycles. The number of benzene rings is 1. The van der Waals surface area contributed by atoms with Crippen LogP contribution in [0.5, 0.6) is 5.75 Å². The van der Waals surface area contributed by atoms with Crippen molar-refractivity contribution in [3.63, 3.8) is 0 Å². The molecule has 35 heavy (non-hydrogen) atoms. The lowest BCUT2D eigenvalue weighted by molar-refractivity contribution is -0.0933. The number of hydrogen-bond donors (Lipinski definition) is 0. The van der Waals surface area contributed by atoms with Gasteiger partial charge in [0, 0.05) is 31.3 Å². The van der Waals surface area contributed by atoms with E-state index in [0.29, 0.717) is 37.9 Å². The van der Waals surface area contributed by atoms with E-state index in [9.17, 15) is 4.79 Å². The van der Waals surface area contributed by atoms with Crippen LogP contribution in [0, 0.1) is 0 Å². The lowest BCUT2D eigenvalue weighted by Crippen LogP contribution is -2.41. The summed E-state index contributed by atoms with van der Waals surface area (Å²) in [5, 5.41) is 4.60. The number of carbonyl (C=O) groups is 1. The molecule has 1 aliphatic heterocycles. The molecule has 3 heterocycles. The second kappa shape index (κ2) is 9.05. The zero-order chi connectivity index (χ0) is 23.9. The molecule has 0 N–H and O–H groups in total. The van der Waals surface area contributed by atoms with Crippen molar-refractivity contribution in [2.24, 2.45) is 0 Å². The van der Waals surface area contributed by atoms with Gasteiger partial charge in [-0.2, -0.15) is 5.10 Å². The van der Waals surface area contributed by atoms with Gasteiger partial charge in [0.25, 0.3) is 11.9 Å². The Morgan fingerprint density at radius 2 is 2.06 bits per heavy atom. The van der Waals surface area contributed by atoms with Gasteiger partial charge >= 0.3 is 0 Å². The molecule has 0 spiro atoms. The number of hydrogen-bond acceptors (Lipinski definition) is 7. The molecule has 0 bridgehead atoms. The van der Waals surface area contributed by atoms with E-state index >= 15 is 0 Å². The Kier molecular flexibility index (Phi) is 5.74. The molecule has 1 aromatic carbocycles. The normalized spacial score (nSPS) is 19.1. The van der Waals surface area contributed by atoms with Crippen molar-refractivity contribution in [1.29, 1.82) is 0 Å². The molecule has 1 amide bonds. The number of aromatic nitrogens is 4. The maximum absolute atomic E-state index is 13.4. The molecule has 9 heteroatoms. The smallest absolute Gasteiger partial charge is 0.257 e. The third kappa shape index (κ3) is 4.19. The third-order valence-corrected chi connectivity index (χ3v) is 6.98. The van der Waals surface area contributed by atoms with Crippen LogP contribution in [0.4, 0.5) is 0 Å². The average molecular weight is 476 g/mol. The minimum atomic E-state index is -0.111. The molecule has 182 valence electrons. The van der Waals surface area contributed by atoms with Crippen LogP contribution in [-0.2, 0) is 22.3 Å². The lowest BCUT2D eigenvalue weighted by Gasteiger charge is -2.27. The van der Waals surface area contributed by atoms with Gasteiger partial charge in [-0.05, 0) is 55.0 Å². The van der Waals surface area contributed by atoms with Crippen molar-refractivity contribution in [2.45, 2.75) is 37.7 Å². The summed E-state index contributed by atoms with van der Waals surface area (Å²) in [6, 6.07) is 6.11. The van der Waals surface area contributed by atoms with Gasteiger partial charge in [0.2, 0.25) is 0 Å². The Balaban J connectivity index is 1.33. The lowest BCUT2D eigenvalue weighted by atomic mass is 9.90. The van der Waals surface area contributed by atoms with E-state index in [1.54, 1.807) is 29.9 Å². The summed E-state index contributed by atoms with van der Waals surface area (Å²) in [5.41, 5.74) is 5.87. The summed E-state index contributed by atoms with van der Waals surface area (Å²) in [5.74, 6) is 1.57. The average Bonchev–Trinajstić information content (AvgIpc) is 3.65. The standard InChI is InChI=1S/C26H29N5O4/c1-30(14-20-15-34-9-10-35-20)25(32)22-13-28-31(24(22)16-3-4-16)26-27-12-18-6-5-17-11-19(33-2)7-8-21(17)23(18)29-26/h7-8,11-13,16,20H,3-6,9-10,14-15H2,1-2H3/t20-/m0/s1. The Bertz CT molecular complexity index is 1260. The number of likely N-dealkylation sites (N-methyl/N-ethyl adjacent to an activating group) is 1. The van der Waals surface area contributed by atoms with Crippen LogP contribution in [0.25, 0.3) is 17.2 Å². The van der Waals surface area contributed by atoms with Crippen LogP contribution in [-0.4, -0.2) is 77.2 Å². The number of rotatable bonds is 6. The second-order valence-electron chi connectivity index (χ2n) is 9.45. The van der Waals surface area contributed by atoms with Gasteiger partial charge in [0.1, 0.15) is 5.75 Å². The molecule has 1 atom stereocenters. The fraction of sp³-hybridized carbons (Fsp3) is 0.462. The van der Waals surface area contributed by atoms with E-state index in [2.05, 4.69) is 22.2 Å². The molecule has 2 fully saturated rings. The van der Waals surface area contributed by atoms with Crippen LogP contribution in [0.3, 0.4) is 0 Å². The molecule has 0 radical (unpaired) electrons. The number of nitrogens with zero attached hydrogens (tertiary/aromatic N) is 5. The highest BCUT2D eigenvalue weighted by molar-refractivity contribution is 5.95. The van der Waals surface area contributed by atoms with Crippen molar-refractivity contribution >= 4 is 5.91 Å². The highest BCUT2D eigenvalue weighted by Gasteiger charge is 2.35. The van der Waals surface area contributed by atoms with E-state index in [1.807, 2.05) is 12.3 Å². The van der Waals surface area contributed by atoms with E-state index in [-0.39, 0.29) is 17.9 Å². The first-order chi connectivity index (χ1) is 17.1. The molecular formula is C26H29N5O4. The van der Waals surface area contributed by atoms with E-state index in [1.165, 1.54) is 5.56 Å². The van der Waals surface area contributed by atoms with Gasteiger partial charge < -0.3 is 19.1 Å². The highest BCUT2D eigenvalue weighted by atomic mass is 16.6. The predicted octanol–water partition coefficient (Wildman–Crippen LogP) is 2.80. The maximum atomic E-state index is 13.4. The minimum Gasteiger partial charge on any atom is -0.497 e. The first kappa shape index (κ1) is 22.2. The zero-order valence-electron chi connectivity index (χ0n) is 20.1. The third-order valence-electron chi connectivity index (χ3n) is 6.98. The van der Waals surface area contributed by atoms with Crippen molar-refractivity contribution in [3.8, 4) is 23.0 Å². The fourth-order valence-corrected chi connectivity index (χ4v) is 4.99. The van der Waals surface area contributed by atoms with Crippen LogP contribution in [0.15, 0.2) is 30.6 Å². The molecule has 9 nitrogen and oxygen atoms in total. The number of fused-ring (bicyclic) bond motifs is 3. The summed E-state index contributed by atoms with van der Waals surface area (Å²) in [6.45, 7) is 2.14. The molecule has 0 unspecified atom stereocenters. The number of carbonyl (C=O) groups excluding carboxylic acids is 1. The van der Waals surface area contributed by atoms with Crippen molar-refractivity contribution in [1.82, 2.24) is 24.6 Å². The predicted molar refractivity (Wildman–Crippen MR) is 128 cm³/mol. The topological polar surface area (TPSA) is 91.6 Å². The van der Waals surface area contributed by atoms with Gasteiger partial charge in [0.15, 0.2) is 0 Å². The van der Waals surface area contributed by atoms with Crippen molar-refractivity contribution in [2.75, 3.05) is 40.5 Å². The number of methoxy groups -OCH3 is 1. The monoisotopic (exact) mass is 475 g/mol. The Morgan fingerprint density at radius 3 is 2.83 bits per heavy atom. The fourth-order valence-electron chi connectivity index (χ4n) is 4.99. The van der Waals surface area contributed by atoms with Crippen LogP contribution in [0.2, 0.25) is 0 Å². The Morgan fingerprint density at radius 1 is 1.20 bits per heavy atom. The maximum Gasteiger partial charge on any atom is 0.257 e. The van der Waals surface area contributed by atoms with Crippen LogP contribution >= 0.6 is 0 Å². The molecular weight excluding hydrogens is 446 g/mol. The molecule has 3 aliphatic rings. The SMILES string of the molecule is COc1ccc2c(c1)CCc1cnc(-n3ncc(C(=O)N(C)C[C@H]4COCCO4)c3C3CC3)nc1-2. The first-order valence-corrected chi connectivity index (χ1v) is 12.2. The zero-order valence-corrected chi connectivity index (χ0v) is 20.1. The summed E-state index contributed by atoms with van der Waals surface area (Å²) in [6.07, 6.45) is 7.32. The molecule has 3 aromatic rings. The van der Waals surface area contributed by atoms with Gasteiger partial charge in [-0.15, -0.1) is 0 Å². The summed E-state index contributed by atoms with van der Waals surface area (Å²) < 4.78 is 18.4. The van der Waals surface area contributed by atoms with Crippen molar-refractivity contribution in [3.05, 3.63) is 53.0 Å². The van der Waals surface area contributed by atoms with Gasteiger partial charge in [-0.25, -0.2) is 14.6 Å². The number of amides is 1. The van der Waals surface area contributed by atoms with E-state index < -0.39 is 0 Å².